The predicted octanol–water partition coefficient (Wildman–Crippen LogP) is 1.02. The fourth-order valence-corrected chi connectivity index (χ4v) is 1.39. The van der Waals surface area contributed by atoms with Gasteiger partial charge in [-0.15, -0.1) is 0 Å². The Bertz CT molecular complexity index is 628. The first-order valence-corrected chi connectivity index (χ1v) is 4.55. The monoisotopic (exact) mass is 216 g/mol. The van der Waals surface area contributed by atoms with Crippen molar-refractivity contribution in [3.63, 3.8) is 0 Å². The molecule has 1 heterocycles. The lowest BCUT2D eigenvalue weighted by molar-refractivity contribution is -0.131. The minimum Gasteiger partial charge on any atom is -0.478 e. The van der Waals surface area contributed by atoms with Crippen LogP contribution < -0.4 is 5.56 Å². The molecule has 0 bridgehead atoms. The first-order valence-electron chi connectivity index (χ1n) is 4.55. The predicted molar refractivity (Wildman–Crippen MR) is 59.0 cm³/mol. The second-order valence-corrected chi connectivity index (χ2v) is 3.22. The van der Waals surface area contributed by atoms with Gasteiger partial charge in [0.2, 0.25) is 0 Å². The summed E-state index contributed by atoms with van der Waals surface area (Å²) in [5, 5.41) is 15.7. The highest BCUT2D eigenvalue weighted by Crippen LogP contribution is 2.11. The molecule has 0 aliphatic rings. The van der Waals surface area contributed by atoms with Crippen LogP contribution in [0.5, 0.6) is 0 Å². The van der Waals surface area contributed by atoms with Crippen LogP contribution in [0.1, 0.15) is 5.56 Å². The van der Waals surface area contributed by atoms with Gasteiger partial charge in [0.1, 0.15) is 0 Å². The normalized spacial score (nSPS) is 11.0. The smallest absolute Gasteiger partial charge is 0.328 e. The van der Waals surface area contributed by atoms with E-state index in [4.69, 9.17) is 5.11 Å². The molecule has 0 radical (unpaired) electrons. The number of carboxylic acids is 1. The maximum Gasteiger partial charge on any atom is 0.328 e. The largest absolute Gasteiger partial charge is 0.478 e. The molecule has 0 aliphatic heterocycles. The number of nitrogens with one attached hydrogen (secondary N) is 1. The number of aromatic amines is 1. The second kappa shape index (κ2) is 3.98. The number of H-pyrrole nitrogens is 1. The van der Waals surface area contributed by atoms with Gasteiger partial charge < -0.3 is 5.11 Å². The summed E-state index contributed by atoms with van der Waals surface area (Å²) in [5.74, 6) is -1.01. The van der Waals surface area contributed by atoms with Crippen molar-refractivity contribution in [1.29, 1.82) is 0 Å². The zero-order chi connectivity index (χ0) is 11.5. The molecule has 2 N–H and O–H groups in total. The molecule has 1 aromatic heterocycles. The molecule has 5 heteroatoms. The number of hydrogen-bond donors (Lipinski definition) is 2. The van der Waals surface area contributed by atoms with Gasteiger partial charge in [-0.1, -0.05) is 6.07 Å². The van der Waals surface area contributed by atoms with Gasteiger partial charge in [0.15, 0.2) is 0 Å². The van der Waals surface area contributed by atoms with E-state index < -0.39 is 5.97 Å². The summed E-state index contributed by atoms with van der Waals surface area (Å²) in [4.78, 5) is 21.7. The van der Waals surface area contributed by atoms with E-state index in [9.17, 15) is 9.59 Å². The number of rotatable bonds is 2. The average molecular weight is 216 g/mol. The zero-order valence-electron chi connectivity index (χ0n) is 8.18. The van der Waals surface area contributed by atoms with E-state index in [-0.39, 0.29) is 5.56 Å². The maximum atomic E-state index is 11.3. The molecule has 0 saturated heterocycles. The fraction of sp³-hybridized carbons (Fsp3) is 0. The SMILES string of the molecule is O=C(O)C=Cc1ccc2c(=O)[nH]ncc2c1. The van der Waals surface area contributed by atoms with E-state index in [2.05, 4.69) is 10.2 Å². The van der Waals surface area contributed by atoms with Crippen LogP contribution in [-0.4, -0.2) is 21.3 Å². The first kappa shape index (κ1) is 10.1. The number of carbonyl (C=O) groups is 1. The van der Waals surface area contributed by atoms with Gasteiger partial charge in [-0.3, -0.25) is 4.79 Å². The average Bonchev–Trinajstić information content (AvgIpc) is 2.26. The number of hydrogen-bond acceptors (Lipinski definition) is 3. The summed E-state index contributed by atoms with van der Waals surface area (Å²) in [6.45, 7) is 0. The summed E-state index contributed by atoms with van der Waals surface area (Å²) in [5.41, 5.74) is 0.452. The van der Waals surface area contributed by atoms with Crippen LogP contribution >= 0.6 is 0 Å². The molecule has 0 amide bonds. The van der Waals surface area contributed by atoms with Crippen LogP contribution in [0, 0.1) is 0 Å². The van der Waals surface area contributed by atoms with Crippen LogP contribution in [0.2, 0.25) is 0 Å². The lowest BCUT2D eigenvalue weighted by atomic mass is 10.1. The Morgan fingerprint density at radius 3 is 3.00 bits per heavy atom. The lowest BCUT2D eigenvalue weighted by Crippen LogP contribution is -2.06. The number of benzene rings is 1. The third-order valence-corrected chi connectivity index (χ3v) is 2.11. The van der Waals surface area contributed by atoms with E-state index >= 15 is 0 Å². The molecule has 5 nitrogen and oxygen atoms in total. The molecular formula is C11H8N2O3. The second-order valence-electron chi connectivity index (χ2n) is 3.22. The summed E-state index contributed by atoms with van der Waals surface area (Å²) in [7, 11) is 0. The highest BCUT2D eigenvalue weighted by atomic mass is 16.4. The first-order chi connectivity index (χ1) is 7.66. The Labute approximate surface area is 90.0 Å². The number of carboxylic acid groups (broad SMARTS) is 1. The van der Waals surface area contributed by atoms with Gasteiger partial charge in [-0.05, 0) is 23.8 Å². The van der Waals surface area contributed by atoms with Crippen molar-refractivity contribution in [3.05, 3.63) is 46.4 Å². The van der Waals surface area contributed by atoms with Gasteiger partial charge in [0.05, 0.1) is 11.6 Å². The van der Waals surface area contributed by atoms with Gasteiger partial charge in [-0.2, -0.15) is 5.10 Å². The summed E-state index contributed by atoms with van der Waals surface area (Å²) < 4.78 is 0. The summed E-state index contributed by atoms with van der Waals surface area (Å²) >= 11 is 0. The third kappa shape index (κ3) is 1.98. The number of fused-ring (bicyclic) bond motifs is 1. The van der Waals surface area contributed by atoms with E-state index in [0.717, 1.165) is 6.08 Å². The lowest BCUT2D eigenvalue weighted by Gasteiger charge is -1.97. The molecule has 0 unspecified atom stereocenters. The van der Waals surface area contributed by atoms with Crippen molar-refractivity contribution in [3.8, 4) is 0 Å². The van der Waals surface area contributed by atoms with Crippen molar-refractivity contribution in [1.82, 2.24) is 10.2 Å². The molecule has 0 atom stereocenters. The number of aliphatic carboxylic acids is 1. The molecule has 1 aromatic carbocycles. The Balaban J connectivity index is 2.53. The van der Waals surface area contributed by atoms with Crippen LogP contribution in [0.15, 0.2) is 35.3 Å². The van der Waals surface area contributed by atoms with Crippen molar-refractivity contribution in [2.24, 2.45) is 0 Å². The summed E-state index contributed by atoms with van der Waals surface area (Å²) in [6, 6.07) is 5.02. The zero-order valence-corrected chi connectivity index (χ0v) is 8.18. The number of nitrogens with zero attached hydrogens (tertiary/aromatic N) is 1. The Kier molecular flexibility index (Phi) is 2.51. The van der Waals surface area contributed by atoms with E-state index in [0.29, 0.717) is 16.3 Å². The Morgan fingerprint density at radius 1 is 1.44 bits per heavy atom. The quantitative estimate of drug-likeness (QED) is 0.734. The molecule has 2 rings (SSSR count). The molecule has 0 saturated carbocycles. The standard InChI is InChI=1S/C11H8N2O3/c14-10(15)4-2-7-1-3-9-8(5-7)6-12-13-11(9)16/h1-6H,(H,13,16)(H,14,15). The molecule has 16 heavy (non-hydrogen) atoms. The highest BCUT2D eigenvalue weighted by molar-refractivity contribution is 5.88. The molecule has 0 aliphatic carbocycles. The van der Waals surface area contributed by atoms with Crippen LogP contribution in [0.3, 0.4) is 0 Å². The minimum absolute atomic E-state index is 0.258. The van der Waals surface area contributed by atoms with Crippen LogP contribution in [-0.2, 0) is 4.79 Å². The minimum atomic E-state index is -1.01. The molecule has 80 valence electrons. The molecule has 2 aromatic rings. The Morgan fingerprint density at radius 2 is 2.25 bits per heavy atom. The van der Waals surface area contributed by atoms with Gasteiger partial charge in [0.25, 0.3) is 5.56 Å². The Hall–Kier alpha value is -2.43. The van der Waals surface area contributed by atoms with Crippen molar-refractivity contribution in [2.75, 3.05) is 0 Å². The molecular weight excluding hydrogens is 208 g/mol. The van der Waals surface area contributed by atoms with Crippen LogP contribution in [0.25, 0.3) is 16.8 Å². The highest BCUT2D eigenvalue weighted by Gasteiger charge is 1.98. The van der Waals surface area contributed by atoms with E-state index in [1.165, 1.54) is 12.3 Å². The topological polar surface area (TPSA) is 83.0 Å². The van der Waals surface area contributed by atoms with Crippen LogP contribution in [0.4, 0.5) is 0 Å². The fourth-order valence-electron chi connectivity index (χ4n) is 1.39. The molecule has 0 spiro atoms. The van der Waals surface area contributed by atoms with Crippen molar-refractivity contribution in [2.45, 2.75) is 0 Å². The van der Waals surface area contributed by atoms with E-state index in [1.807, 2.05) is 0 Å². The number of aromatic nitrogens is 2. The van der Waals surface area contributed by atoms with Gasteiger partial charge in [0, 0.05) is 11.5 Å². The molecule has 0 fully saturated rings. The van der Waals surface area contributed by atoms with Crippen molar-refractivity contribution >= 4 is 22.8 Å². The summed E-state index contributed by atoms with van der Waals surface area (Å²) in [6.07, 6.45) is 4.03. The third-order valence-electron chi connectivity index (χ3n) is 2.11. The van der Waals surface area contributed by atoms with Gasteiger partial charge in [-0.25, -0.2) is 9.89 Å². The maximum absolute atomic E-state index is 11.3. The van der Waals surface area contributed by atoms with E-state index in [1.54, 1.807) is 18.2 Å². The van der Waals surface area contributed by atoms with Gasteiger partial charge >= 0.3 is 5.97 Å². The van der Waals surface area contributed by atoms with Crippen molar-refractivity contribution < 1.29 is 9.90 Å².